The number of hydrogen-bond donors (Lipinski definition) is 2. The van der Waals surface area contributed by atoms with Crippen LogP contribution < -0.4 is 14.9 Å². The van der Waals surface area contributed by atoms with Crippen molar-refractivity contribution in [2.24, 2.45) is 11.8 Å². The number of anilines is 1. The number of aromatic nitrogens is 1. The Morgan fingerprint density at radius 2 is 1.79 bits per heavy atom. The molecule has 2 aliphatic rings. The normalized spacial score (nSPS) is 20.1. The van der Waals surface area contributed by atoms with Crippen LogP contribution in [-0.2, 0) is 27.7 Å². The van der Waals surface area contributed by atoms with Crippen molar-refractivity contribution in [3.63, 3.8) is 0 Å². The van der Waals surface area contributed by atoms with Crippen molar-refractivity contribution >= 4 is 39.1 Å². The van der Waals surface area contributed by atoms with Crippen molar-refractivity contribution in [3.05, 3.63) is 52.3 Å². The first kappa shape index (κ1) is 28.4. The van der Waals surface area contributed by atoms with Gasteiger partial charge in [-0.2, -0.15) is 0 Å². The molecule has 0 radical (unpaired) electrons. The highest BCUT2D eigenvalue weighted by molar-refractivity contribution is 7.93. The Kier molecular flexibility index (Phi) is 8.67. The van der Waals surface area contributed by atoms with Crippen molar-refractivity contribution in [1.82, 2.24) is 15.6 Å². The molecule has 0 spiro atoms. The first-order valence-electron chi connectivity index (χ1n) is 13.5. The number of halogens is 1. The molecule has 1 aliphatic heterocycles. The summed E-state index contributed by atoms with van der Waals surface area (Å²) in [4.78, 5) is 31.0. The van der Waals surface area contributed by atoms with Crippen LogP contribution in [-0.4, -0.2) is 43.8 Å². The maximum atomic E-state index is 14.3. The Bertz CT molecular complexity index is 1290. The van der Waals surface area contributed by atoms with E-state index < -0.39 is 16.1 Å². The van der Waals surface area contributed by atoms with Crippen LogP contribution in [0.1, 0.15) is 75.0 Å². The molecule has 10 heteroatoms. The first-order valence-corrected chi connectivity index (χ1v) is 15.3. The minimum atomic E-state index is -4.20. The van der Waals surface area contributed by atoms with Gasteiger partial charge in [-0.3, -0.25) is 13.9 Å². The third-order valence-corrected chi connectivity index (χ3v) is 9.68. The lowest BCUT2D eigenvalue weighted by Crippen LogP contribution is -2.50. The predicted molar refractivity (Wildman–Crippen MR) is 149 cm³/mol. The van der Waals surface area contributed by atoms with E-state index in [0.29, 0.717) is 53.3 Å². The number of hydrogen-bond acceptors (Lipinski definition) is 5. The molecule has 2 N–H and O–H groups in total. The van der Waals surface area contributed by atoms with Gasteiger partial charge in [0.25, 0.3) is 15.9 Å². The van der Waals surface area contributed by atoms with Crippen LogP contribution in [0.2, 0.25) is 5.02 Å². The minimum absolute atomic E-state index is 0.0377. The van der Waals surface area contributed by atoms with Crippen molar-refractivity contribution < 1.29 is 18.0 Å². The molecule has 2 fully saturated rings. The number of pyridine rings is 1. The third kappa shape index (κ3) is 5.83. The van der Waals surface area contributed by atoms with Crippen LogP contribution in [0.5, 0.6) is 0 Å². The molecule has 8 nitrogen and oxygen atoms in total. The highest BCUT2D eigenvalue weighted by atomic mass is 35.5. The first-order chi connectivity index (χ1) is 18.1. The number of rotatable bonds is 9. The molecule has 2 aromatic rings. The summed E-state index contributed by atoms with van der Waals surface area (Å²) in [6.07, 6.45) is 5.48. The van der Waals surface area contributed by atoms with Crippen LogP contribution >= 0.6 is 11.6 Å². The van der Waals surface area contributed by atoms with Crippen LogP contribution in [0.25, 0.3) is 0 Å². The molecular weight excluding hydrogens is 524 g/mol. The smallest absolute Gasteiger partial charge is 0.270 e. The maximum Gasteiger partial charge on any atom is 0.270 e. The molecule has 1 aromatic heterocycles. The van der Waals surface area contributed by atoms with E-state index in [1.165, 1.54) is 34.8 Å². The lowest BCUT2D eigenvalue weighted by Gasteiger charge is -2.34. The molecule has 0 bridgehead atoms. The third-order valence-electron chi connectivity index (χ3n) is 7.59. The summed E-state index contributed by atoms with van der Waals surface area (Å²) in [5.41, 5.74) is 2.06. The molecule has 1 aromatic carbocycles. The number of sulfonamides is 1. The van der Waals surface area contributed by atoms with E-state index in [-0.39, 0.29) is 34.6 Å². The Hall–Kier alpha value is -2.65. The molecule has 1 saturated heterocycles. The number of nitrogens with one attached hydrogen (secondary N) is 2. The molecule has 4 rings (SSSR count). The van der Waals surface area contributed by atoms with Gasteiger partial charge in [-0.15, -0.1) is 0 Å². The van der Waals surface area contributed by atoms with Crippen LogP contribution in [0, 0.1) is 11.8 Å². The van der Waals surface area contributed by atoms with Crippen LogP contribution in [0.15, 0.2) is 35.4 Å². The maximum absolute atomic E-state index is 14.3. The highest BCUT2D eigenvalue weighted by Gasteiger charge is 2.41. The number of carbonyl (C=O) groups excluding carboxylic acids is 2. The van der Waals surface area contributed by atoms with Gasteiger partial charge >= 0.3 is 0 Å². The molecule has 2 atom stereocenters. The average molecular weight is 561 g/mol. The van der Waals surface area contributed by atoms with Gasteiger partial charge in [-0.05, 0) is 85.8 Å². The number of amides is 2. The molecule has 2 unspecified atom stereocenters. The largest absolute Gasteiger partial charge is 0.354 e. The Balaban J connectivity index is 1.91. The second kappa shape index (κ2) is 11.6. The van der Waals surface area contributed by atoms with Gasteiger partial charge in [0.15, 0.2) is 0 Å². The van der Waals surface area contributed by atoms with Gasteiger partial charge in [-0.25, -0.2) is 13.4 Å². The summed E-state index contributed by atoms with van der Waals surface area (Å²) in [6.45, 7) is 8.54. The molecule has 2 heterocycles. The van der Waals surface area contributed by atoms with E-state index in [9.17, 15) is 18.0 Å². The van der Waals surface area contributed by atoms with Crippen molar-refractivity contribution in [2.75, 3.05) is 10.8 Å². The fraction of sp³-hybridized carbons (Fsp3) is 0.536. The zero-order chi connectivity index (χ0) is 27.6. The van der Waals surface area contributed by atoms with Crippen LogP contribution in [0.3, 0.4) is 0 Å². The van der Waals surface area contributed by atoms with E-state index in [1.54, 1.807) is 0 Å². The number of carbonyl (C=O) groups is 2. The lowest BCUT2D eigenvalue weighted by atomic mass is 9.87. The lowest BCUT2D eigenvalue weighted by molar-refractivity contribution is -0.122. The van der Waals surface area contributed by atoms with Crippen molar-refractivity contribution in [2.45, 2.75) is 83.2 Å². The quantitative estimate of drug-likeness (QED) is 0.469. The molecule has 206 valence electrons. The Morgan fingerprint density at radius 1 is 1.13 bits per heavy atom. The van der Waals surface area contributed by atoms with E-state index in [2.05, 4.69) is 29.5 Å². The van der Waals surface area contributed by atoms with Gasteiger partial charge in [0.2, 0.25) is 5.91 Å². The fourth-order valence-electron chi connectivity index (χ4n) is 5.22. The van der Waals surface area contributed by atoms with Gasteiger partial charge < -0.3 is 10.6 Å². The highest BCUT2D eigenvalue weighted by Crippen LogP contribution is 2.36. The van der Waals surface area contributed by atoms with Crippen LogP contribution in [0.4, 0.5) is 5.69 Å². The van der Waals surface area contributed by atoms with Gasteiger partial charge in [0.05, 0.1) is 16.8 Å². The topological polar surface area (TPSA) is 108 Å². The summed E-state index contributed by atoms with van der Waals surface area (Å²) in [7, 11) is -4.20. The summed E-state index contributed by atoms with van der Waals surface area (Å²) >= 11 is 6.06. The van der Waals surface area contributed by atoms with Gasteiger partial charge in [0, 0.05) is 17.6 Å². The van der Waals surface area contributed by atoms with E-state index in [4.69, 9.17) is 11.6 Å². The van der Waals surface area contributed by atoms with E-state index >= 15 is 0 Å². The zero-order valence-corrected chi connectivity index (χ0v) is 24.0. The second-order valence-corrected chi connectivity index (χ2v) is 12.7. The summed E-state index contributed by atoms with van der Waals surface area (Å²) in [6, 6.07) is 5.17. The number of benzene rings is 1. The second-order valence-electron chi connectivity index (χ2n) is 10.5. The van der Waals surface area contributed by atoms with E-state index in [0.717, 1.165) is 19.3 Å². The summed E-state index contributed by atoms with van der Waals surface area (Å²) < 4.78 is 29.9. The SMILES string of the molecule is CCc1c(N(C2CC(C(C)C)CCNC2=O)S(=O)(=O)c2ccc(Cl)cc2)cnc(C(=O)NC2CC2)c1CC. The predicted octanol–water partition coefficient (Wildman–Crippen LogP) is 4.50. The standard InChI is InChI=1S/C28H37ClN4O4S/c1-5-22-23(6-2)26(28(35)32-20-9-10-20)31-16-25(22)33(38(36,37)21-11-7-19(29)8-12-21)24-15-18(17(3)4)13-14-30-27(24)34/h7-8,11-12,16-18,20,24H,5-6,9-10,13-15H2,1-4H3,(H,30,34)(H,32,35). The van der Waals surface area contributed by atoms with E-state index in [1.807, 2.05) is 13.8 Å². The average Bonchev–Trinajstić information content (AvgIpc) is 3.72. The van der Waals surface area contributed by atoms with Gasteiger partial charge in [0.1, 0.15) is 11.7 Å². The Morgan fingerprint density at radius 3 is 2.37 bits per heavy atom. The van der Waals surface area contributed by atoms with Gasteiger partial charge in [-0.1, -0.05) is 39.3 Å². The molecular formula is C28H37ClN4O4S. The molecule has 1 saturated carbocycles. The monoisotopic (exact) mass is 560 g/mol. The molecule has 1 aliphatic carbocycles. The van der Waals surface area contributed by atoms with Crippen molar-refractivity contribution in [1.29, 1.82) is 0 Å². The summed E-state index contributed by atoms with van der Waals surface area (Å²) in [5, 5.41) is 6.34. The molecule has 2 amide bonds. The fourth-order valence-corrected chi connectivity index (χ4v) is 6.99. The van der Waals surface area contributed by atoms with Crippen molar-refractivity contribution in [3.8, 4) is 0 Å². The molecule has 38 heavy (non-hydrogen) atoms. The Labute approximate surface area is 230 Å². The number of nitrogens with zero attached hydrogens (tertiary/aromatic N) is 2. The zero-order valence-electron chi connectivity index (χ0n) is 22.5. The minimum Gasteiger partial charge on any atom is -0.354 e. The summed E-state index contributed by atoms with van der Waals surface area (Å²) in [5.74, 6) is -0.158.